The first-order valence-electron chi connectivity index (χ1n) is 8.65. The minimum absolute atomic E-state index is 0.0638. The highest BCUT2D eigenvalue weighted by molar-refractivity contribution is 6.16. The number of ether oxygens (including phenoxy) is 1. The summed E-state index contributed by atoms with van der Waals surface area (Å²) in [6, 6.07) is 10.5. The van der Waals surface area contributed by atoms with E-state index in [1.807, 2.05) is 0 Å². The average molecular weight is 383 g/mol. The van der Waals surface area contributed by atoms with E-state index in [0.717, 1.165) is 0 Å². The number of benzene rings is 2. The fourth-order valence-electron chi connectivity index (χ4n) is 3.16. The molecule has 7 heteroatoms. The monoisotopic (exact) mass is 383 g/mol. The Morgan fingerprint density at radius 2 is 1.71 bits per heavy atom. The van der Waals surface area contributed by atoms with Crippen molar-refractivity contribution in [3.63, 3.8) is 0 Å². The van der Waals surface area contributed by atoms with E-state index >= 15 is 0 Å². The lowest BCUT2D eigenvalue weighted by Crippen LogP contribution is -2.30. The summed E-state index contributed by atoms with van der Waals surface area (Å²) in [6.45, 7) is 3.18. The molecule has 2 aromatic carbocycles. The number of nitrogens with zero attached hydrogens (tertiary/aromatic N) is 1. The van der Waals surface area contributed by atoms with Crippen LogP contribution in [0.5, 0.6) is 0 Å². The van der Waals surface area contributed by atoms with Gasteiger partial charge in [-0.05, 0) is 55.8 Å². The van der Waals surface area contributed by atoms with Crippen LogP contribution in [-0.2, 0) is 14.3 Å². The van der Waals surface area contributed by atoms with Gasteiger partial charge in [-0.15, -0.1) is 0 Å². The Labute approximate surface area is 160 Å². The van der Waals surface area contributed by atoms with Gasteiger partial charge in [0, 0.05) is 5.69 Å². The van der Waals surface area contributed by atoms with Crippen molar-refractivity contribution in [2.24, 2.45) is 0 Å². The number of halogens is 1. The summed E-state index contributed by atoms with van der Waals surface area (Å²) < 4.78 is 18.3. The van der Waals surface area contributed by atoms with Gasteiger partial charge in [0.1, 0.15) is 5.82 Å². The molecule has 1 amide bonds. The Hall–Kier alpha value is -3.48. The minimum atomic E-state index is -0.904. The number of hydrogen-bond donors (Lipinski definition) is 1. The molecule has 6 nitrogen and oxygen atoms in total. The van der Waals surface area contributed by atoms with Crippen LogP contribution in [-0.4, -0.2) is 29.4 Å². The SMILES string of the molecule is CCOC(=O)c1ccc(N2C(=O)C(O)=C(C(C)=O)C2c2ccc(F)cc2)cc1. The third-order valence-corrected chi connectivity index (χ3v) is 4.43. The number of hydrogen-bond acceptors (Lipinski definition) is 5. The van der Waals surface area contributed by atoms with Crippen molar-refractivity contribution < 1.29 is 28.6 Å². The number of carbonyl (C=O) groups excluding carboxylic acids is 3. The van der Waals surface area contributed by atoms with Gasteiger partial charge in [-0.1, -0.05) is 12.1 Å². The van der Waals surface area contributed by atoms with E-state index in [0.29, 0.717) is 16.8 Å². The Kier molecular flexibility index (Phi) is 5.26. The second kappa shape index (κ2) is 7.64. The van der Waals surface area contributed by atoms with Gasteiger partial charge in [0.05, 0.1) is 23.8 Å². The third kappa shape index (κ3) is 3.38. The van der Waals surface area contributed by atoms with Crippen LogP contribution in [0, 0.1) is 5.82 Å². The maximum atomic E-state index is 13.3. The summed E-state index contributed by atoms with van der Waals surface area (Å²) in [4.78, 5) is 37.9. The molecule has 1 aliphatic rings. The van der Waals surface area contributed by atoms with Crippen molar-refractivity contribution in [2.75, 3.05) is 11.5 Å². The molecule has 0 fully saturated rings. The largest absolute Gasteiger partial charge is 0.503 e. The maximum absolute atomic E-state index is 13.3. The predicted molar refractivity (Wildman–Crippen MR) is 99.4 cm³/mol. The molecule has 1 unspecified atom stereocenters. The van der Waals surface area contributed by atoms with E-state index in [-0.39, 0.29) is 12.2 Å². The number of ketones is 1. The molecule has 0 spiro atoms. The van der Waals surface area contributed by atoms with E-state index in [9.17, 15) is 23.9 Å². The van der Waals surface area contributed by atoms with Gasteiger partial charge in [0.2, 0.25) is 0 Å². The molecule has 1 N–H and O–H groups in total. The van der Waals surface area contributed by atoms with Gasteiger partial charge in [-0.2, -0.15) is 0 Å². The molecule has 0 saturated carbocycles. The van der Waals surface area contributed by atoms with E-state index in [1.54, 1.807) is 6.92 Å². The maximum Gasteiger partial charge on any atom is 0.338 e. The van der Waals surface area contributed by atoms with Gasteiger partial charge < -0.3 is 9.84 Å². The van der Waals surface area contributed by atoms with E-state index in [2.05, 4.69) is 0 Å². The molecule has 0 radical (unpaired) electrons. The van der Waals surface area contributed by atoms with Crippen LogP contribution in [0.1, 0.15) is 35.8 Å². The van der Waals surface area contributed by atoms with Gasteiger partial charge >= 0.3 is 5.97 Å². The smallest absolute Gasteiger partial charge is 0.338 e. The van der Waals surface area contributed by atoms with Crippen molar-refractivity contribution in [3.05, 3.63) is 76.8 Å². The molecular weight excluding hydrogens is 365 g/mol. The van der Waals surface area contributed by atoms with Crippen molar-refractivity contribution in [1.82, 2.24) is 0 Å². The number of amides is 1. The molecule has 144 valence electrons. The van der Waals surface area contributed by atoms with Crippen molar-refractivity contribution >= 4 is 23.3 Å². The highest BCUT2D eigenvalue weighted by Gasteiger charge is 2.43. The molecule has 1 aliphatic heterocycles. The Morgan fingerprint density at radius 3 is 2.25 bits per heavy atom. The first-order chi connectivity index (χ1) is 13.3. The molecule has 28 heavy (non-hydrogen) atoms. The van der Waals surface area contributed by atoms with Crippen LogP contribution >= 0.6 is 0 Å². The van der Waals surface area contributed by atoms with Crippen LogP contribution in [0.15, 0.2) is 59.9 Å². The summed E-state index contributed by atoms with van der Waals surface area (Å²) in [5.41, 5.74) is 1.08. The lowest BCUT2D eigenvalue weighted by molar-refractivity contribution is -0.117. The number of anilines is 1. The average Bonchev–Trinajstić information content (AvgIpc) is 2.94. The zero-order valence-electron chi connectivity index (χ0n) is 15.3. The number of aliphatic hydroxyl groups is 1. The van der Waals surface area contributed by atoms with Gasteiger partial charge in [-0.3, -0.25) is 14.5 Å². The molecule has 1 atom stereocenters. The molecule has 1 heterocycles. The summed E-state index contributed by atoms with van der Waals surface area (Å²) in [7, 11) is 0. The van der Waals surface area contributed by atoms with Crippen molar-refractivity contribution in [3.8, 4) is 0 Å². The molecule has 0 saturated heterocycles. The Morgan fingerprint density at radius 1 is 1.11 bits per heavy atom. The third-order valence-electron chi connectivity index (χ3n) is 4.43. The molecule has 3 rings (SSSR count). The van der Waals surface area contributed by atoms with E-state index in [1.165, 1.54) is 60.4 Å². The number of Topliss-reactive ketones (excluding diaryl/α,β-unsaturated/α-hetero) is 1. The number of aliphatic hydroxyl groups excluding tert-OH is 1. The highest BCUT2D eigenvalue weighted by Crippen LogP contribution is 2.40. The quantitative estimate of drug-likeness (QED) is 0.799. The first kappa shape index (κ1) is 19.3. The summed E-state index contributed by atoms with van der Waals surface area (Å²) >= 11 is 0. The van der Waals surface area contributed by atoms with Crippen LogP contribution in [0.3, 0.4) is 0 Å². The van der Waals surface area contributed by atoms with Gasteiger partial charge in [0.25, 0.3) is 5.91 Å². The first-order valence-corrected chi connectivity index (χ1v) is 8.65. The number of esters is 1. The molecule has 0 aliphatic carbocycles. The molecule has 2 aromatic rings. The van der Waals surface area contributed by atoms with Crippen LogP contribution < -0.4 is 4.90 Å². The molecule has 0 aromatic heterocycles. The number of rotatable bonds is 5. The topological polar surface area (TPSA) is 83.9 Å². The lowest BCUT2D eigenvalue weighted by Gasteiger charge is -2.26. The Bertz CT molecular complexity index is 963. The van der Waals surface area contributed by atoms with Crippen molar-refractivity contribution in [1.29, 1.82) is 0 Å². The van der Waals surface area contributed by atoms with Crippen LogP contribution in [0.2, 0.25) is 0 Å². The zero-order chi connectivity index (χ0) is 20.4. The van der Waals surface area contributed by atoms with Crippen LogP contribution in [0.4, 0.5) is 10.1 Å². The normalized spacial score (nSPS) is 16.5. The Balaban J connectivity index is 2.05. The molecular formula is C21H18FNO5. The van der Waals surface area contributed by atoms with Crippen LogP contribution in [0.25, 0.3) is 0 Å². The summed E-state index contributed by atoms with van der Waals surface area (Å²) in [5.74, 6) is -2.82. The second-order valence-electron chi connectivity index (χ2n) is 6.22. The summed E-state index contributed by atoms with van der Waals surface area (Å²) in [5, 5.41) is 10.3. The minimum Gasteiger partial charge on any atom is -0.503 e. The fraction of sp³-hybridized carbons (Fsp3) is 0.190. The summed E-state index contributed by atoms with van der Waals surface area (Å²) in [6.07, 6.45) is 0. The number of carbonyl (C=O) groups is 3. The van der Waals surface area contributed by atoms with Gasteiger partial charge in [-0.25, -0.2) is 9.18 Å². The standard InChI is InChI=1S/C21H18FNO5/c1-3-28-21(27)14-6-10-16(11-7-14)23-18(13-4-8-15(22)9-5-13)17(12(2)24)19(25)20(23)26/h4-11,18,25H,3H2,1-2H3. The molecule has 0 bridgehead atoms. The van der Waals surface area contributed by atoms with Gasteiger partial charge in [0.15, 0.2) is 11.5 Å². The van der Waals surface area contributed by atoms with E-state index < -0.39 is 35.3 Å². The zero-order valence-corrected chi connectivity index (χ0v) is 15.3. The highest BCUT2D eigenvalue weighted by atomic mass is 19.1. The van der Waals surface area contributed by atoms with Crippen molar-refractivity contribution in [2.45, 2.75) is 19.9 Å². The fourth-order valence-corrected chi connectivity index (χ4v) is 3.16. The van der Waals surface area contributed by atoms with E-state index in [4.69, 9.17) is 4.74 Å². The lowest BCUT2D eigenvalue weighted by atomic mass is 9.96. The second-order valence-corrected chi connectivity index (χ2v) is 6.22. The predicted octanol–water partition coefficient (Wildman–Crippen LogP) is 3.49.